The molecule has 4 aromatic rings. The normalized spacial score (nSPS) is 11.1. The zero-order chi connectivity index (χ0) is 24.1. The highest BCUT2D eigenvalue weighted by atomic mass is 32.2. The van der Waals surface area contributed by atoms with Crippen LogP contribution in [0.5, 0.6) is 5.88 Å². The number of carbonyl (C=O) groups excluding carboxylic acids is 1. The van der Waals surface area contributed by atoms with E-state index in [1.807, 2.05) is 30.3 Å². The van der Waals surface area contributed by atoms with Gasteiger partial charge in [0.05, 0.1) is 10.6 Å². The molecule has 0 radical (unpaired) electrons. The number of benzene rings is 2. The number of aromatic nitrogens is 3. The maximum absolute atomic E-state index is 12.6. The first-order chi connectivity index (χ1) is 16.3. The number of nitrogens with one attached hydrogen (secondary N) is 2. The molecule has 2 N–H and O–H groups in total. The maximum atomic E-state index is 12.6. The van der Waals surface area contributed by atoms with Crippen molar-refractivity contribution >= 4 is 27.5 Å². The summed E-state index contributed by atoms with van der Waals surface area (Å²) in [5.74, 6) is -0.174. The number of anilines is 2. The lowest BCUT2D eigenvalue weighted by molar-refractivity contribution is 0.102. The summed E-state index contributed by atoms with van der Waals surface area (Å²) in [6, 6.07) is 16.7. The number of carbonyl (C=O) groups is 1. The second-order valence-electron chi connectivity index (χ2n) is 7.32. The SMILES string of the molecule is Cc1noc(NS(=O)(=O)c2ccc(NC(=O)c3cc(OCc4ccccc4)ncn3)cc2)c1C. The van der Waals surface area contributed by atoms with Gasteiger partial charge in [0.2, 0.25) is 11.8 Å². The first-order valence-corrected chi connectivity index (χ1v) is 11.7. The number of aryl methyl sites for hydroxylation is 1. The predicted octanol–water partition coefficient (Wildman–Crippen LogP) is 3.71. The topological polar surface area (TPSA) is 136 Å². The molecule has 11 heteroatoms. The lowest BCUT2D eigenvalue weighted by Gasteiger charge is -2.09. The number of hydrogen-bond donors (Lipinski definition) is 2. The number of hydrogen-bond acceptors (Lipinski definition) is 8. The van der Waals surface area contributed by atoms with Gasteiger partial charge in [0.15, 0.2) is 0 Å². The molecule has 0 aliphatic rings. The molecule has 2 aromatic carbocycles. The third-order valence-electron chi connectivity index (χ3n) is 4.91. The molecule has 0 saturated heterocycles. The molecule has 0 unspecified atom stereocenters. The Morgan fingerprint density at radius 2 is 1.76 bits per heavy atom. The van der Waals surface area contributed by atoms with Crippen LogP contribution in [0, 0.1) is 13.8 Å². The van der Waals surface area contributed by atoms with E-state index in [2.05, 4.69) is 25.2 Å². The fourth-order valence-corrected chi connectivity index (χ4v) is 3.92. The summed E-state index contributed by atoms with van der Waals surface area (Å²) in [4.78, 5) is 20.6. The van der Waals surface area contributed by atoms with E-state index in [1.165, 1.54) is 36.7 Å². The maximum Gasteiger partial charge on any atom is 0.274 e. The van der Waals surface area contributed by atoms with Crippen molar-refractivity contribution in [3.63, 3.8) is 0 Å². The Balaban J connectivity index is 1.40. The van der Waals surface area contributed by atoms with Crippen LogP contribution >= 0.6 is 0 Å². The van der Waals surface area contributed by atoms with Crippen LogP contribution in [0.3, 0.4) is 0 Å². The quantitative estimate of drug-likeness (QED) is 0.390. The minimum atomic E-state index is -3.89. The van der Waals surface area contributed by atoms with Crippen molar-refractivity contribution < 1.29 is 22.5 Å². The van der Waals surface area contributed by atoms with Gasteiger partial charge in [-0.2, -0.15) is 0 Å². The molecular weight excluding hydrogens is 458 g/mol. The fourth-order valence-electron chi connectivity index (χ4n) is 2.88. The van der Waals surface area contributed by atoms with Gasteiger partial charge in [0, 0.05) is 17.3 Å². The Morgan fingerprint density at radius 1 is 1.03 bits per heavy atom. The largest absolute Gasteiger partial charge is 0.473 e. The van der Waals surface area contributed by atoms with E-state index in [9.17, 15) is 13.2 Å². The molecule has 2 heterocycles. The van der Waals surface area contributed by atoms with Gasteiger partial charge in [0.25, 0.3) is 15.9 Å². The summed E-state index contributed by atoms with van der Waals surface area (Å²) in [6.45, 7) is 3.72. The second-order valence-corrected chi connectivity index (χ2v) is 9.00. The van der Waals surface area contributed by atoms with Crippen molar-refractivity contribution in [2.24, 2.45) is 0 Å². The second kappa shape index (κ2) is 9.71. The van der Waals surface area contributed by atoms with Crippen LogP contribution < -0.4 is 14.8 Å². The highest BCUT2D eigenvalue weighted by Crippen LogP contribution is 2.23. The Labute approximate surface area is 196 Å². The van der Waals surface area contributed by atoms with Gasteiger partial charge in [0.1, 0.15) is 18.6 Å². The van der Waals surface area contributed by atoms with Gasteiger partial charge in [-0.25, -0.2) is 23.1 Å². The molecule has 10 nitrogen and oxygen atoms in total. The van der Waals surface area contributed by atoms with E-state index >= 15 is 0 Å². The highest BCUT2D eigenvalue weighted by molar-refractivity contribution is 7.92. The van der Waals surface area contributed by atoms with Crippen molar-refractivity contribution in [1.29, 1.82) is 0 Å². The van der Waals surface area contributed by atoms with Crippen LogP contribution in [-0.2, 0) is 16.6 Å². The number of amides is 1. The summed E-state index contributed by atoms with van der Waals surface area (Å²) in [5, 5.41) is 6.41. The lowest BCUT2D eigenvalue weighted by atomic mass is 10.2. The summed E-state index contributed by atoms with van der Waals surface area (Å²) >= 11 is 0. The first kappa shape index (κ1) is 22.9. The zero-order valence-corrected chi connectivity index (χ0v) is 19.2. The Hall–Kier alpha value is -4.25. The molecule has 2 aromatic heterocycles. The highest BCUT2D eigenvalue weighted by Gasteiger charge is 2.19. The number of ether oxygens (including phenoxy) is 1. The third-order valence-corrected chi connectivity index (χ3v) is 6.26. The van der Waals surface area contributed by atoms with E-state index in [-0.39, 0.29) is 22.4 Å². The van der Waals surface area contributed by atoms with Gasteiger partial charge in [-0.15, -0.1) is 0 Å². The average molecular weight is 480 g/mol. The predicted molar refractivity (Wildman–Crippen MR) is 124 cm³/mol. The summed E-state index contributed by atoms with van der Waals surface area (Å²) < 4.78 is 38.2. The van der Waals surface area contributed by atoms with Crippen LogP contribution in [0.4, 0.5) is 11.6 Å². The molecule has 0 fully saturated rings. The van der Waals surface area contributed by atoms with E-state index in [4.69, 9.17) is 9.26 Å². The lowest BCUT2D eigenvalue weighted by Crippen LogP contribution is -2.15. The van der Waals surface area contributed by atoms with E-state index < -0.39 is 15.9 Å². The molecule has 4 rings (SSSR count). The fraction of sp³-hybridized carbons (Fsp3) is 0.130. The van der Waals surface area contributed by atoms with Crippen LogP contribution in [0.1, 0.15) is 27.3 Å². The smallest absolute Gasteiger partial charge is 0.274 e. The van der Waals surface area contributed by atoms with Crippen molar-refractivity contribution in [3.05, 3.63) is 89.5 Å². The van der Waals surface area contributed by atoms with Crippen molar-refractivity contribution in [1.82, 2.24) is 15.1 Å². The van der Waals surface area contributed by atoms with Gasteiger partial charge in [-0.1, -0.05) is 35.5 Å². The van der Waals surface area contributed by atoms with Gasteiger partial charge < -0.3 is 14.6 Å². The molecular formula is C23H21N5O5S. The Bertz CT molecular complexity index is 1400. The first-order valence-electron chi connectivity index (χ1n) is 10.2. The monoisotopic (exact) mass is 479 g/mol. The van der Waals surface area contributed by atoms with Crippen molar-refractivity contribution in [3.8, 4) is 5.88 Å². The minimum absolute atomic E-state index is 0.00223. The third kappa shape index (κ3) is 5.38. The summed E-state index contributed by atoms with van der Waals surface area (Å²) in [5.41, 5.74) is 2.65. The molecule has 0 aliphatic carbocycles. The van der Waals surface area contributed by atoms with E-state index in [0.29, 0.717) is 23.6 Å². The van der Waals surface area contributed by atoms with E-state index in [0.717, 1.165) is 5.56 Å². The molecule has 0 atom stereocenters. The van der Waals surface area contributed by atoms with Crippen LogP contribution in [0.15, 0.2) is 76.4 Å². The molecule has 0 spiro atoms. The molecule has 174 valence electrons. The number of rotatable bonds is 8. The van der Waals surface area contributed by atoms with Crippen molar-refractivity contribution in [2.75, 3.05) is 10.0 Å². The minimum Gasteiger partial charge on any atom is -0.473 e. The average Bonchev–Trinajstić information content (AvgIpc) is 3.15. The molecule has 1 amide bonds. The van der Waals surface area contributed by atoms with Crippen LogP contribution in [0.25, 0.3) is 0 Å². The summed E-state index contributed by atoms with van der Waals surface area (Å²) in [7, 11) is -3.89. The number of nitrogens with zero attached hydrogens (tertiary/aromatic N) is 3. The van der Waals surface area contributed by atoms with Crippen LogP contribution in [-0.4, -0.2) is 29.4 Å². The summed E-state index contributed by atoms with van der Waals surface area (Å²) in [6.07, 6.45) is 1.24. The Morgan fingerprint density at radius 3 is 2.44 bits per heavy atom. The molecule has 0 bridgehead atoms. The molecule has 0 saturated carbocycles. The van der Waals surface area contributed by atoms with Crippen LogP contribution in [0.2, 0.25) is 0 Å². The standard InChI is InChI=1S/C23H21N5O5S/c1-15-16(2)27-33-23(15)28-34(30,31)19-10-8-18(9-11-19)26-22(29)20-12-21(25-14-24-20)32-13-17-6-4-3-5-7-17/h3-12,14,28H,13H2,1-2H3,(H,26,29). The number of sulfonamides is 1. The molecule has 0 aliphatic heterocycles. The molecule has 34 heavy (non-hydrogen) atoms. The zero-order valence-electron chi connectivity index (χ0n) is 18.3. The van der Waals surface area contributed by atoms with Gasteiger partial charge in [-0.05, 0) is 43.7 Å². The van der Waals surface area contributed by atoms with Gasteiger partial charge in [-0.3, -0.25) is 4.79 Å². The van der Waals surface area contributed by atoms with E-state index in [1.54, 1.807) is 13.8 Å². The van der Waals surface area contributed by atoms with Gasteiger partial charge >= 0.3 is 0 Å². The van der Waals surface area contributed by atoms with Crippen molar-refractivity contribution in [2.45, 2.75) is 25.3 Å². The Kier molecular flexibility index (Phi) is 6.55.